The molecule has 13 heteroatoms. The van der Waals surface area contributed by atoms with E-state index in [1.165, 1.54) is 10.6 Å². The minimum absolute atomic E-state index is 0.133. The van der Waals surface area contributed by atoms with Crippen molar-refractivity contribution < 1.29 is 13.9 Å². The molecule has 2 aliphatic rings. The highest BCUT2D eigenvalue weighted by molar-refractivity contribution is 6.14. The fourth-order valence-corrected chi connectivity index (χ4v) is 5.30. The minimum Gasteiger partial charge on any atom is -0.491 e. The molecule has 2 N–H and O–H groups in total. The van der Waals surface area contributed by atoms with Gasteiger partial charge in [0.05, 0.1) is 12.9 Å². The Morgan fingerprint density at radius 2 is 1.80 bits per heavy atom. The molecule has 1 fully saturated rings. The molecule has 2 aliphatic heterocycles. The van der Waals surface area contributed by atoms with Gasteiger partial charge < -0.3 is 13.9 Å². The first kappa shape index (κ1) is 26.3. The lowest BCUT2D eigenvalue weighted by molar-refractivity contribution is 0.124. The van der Waals surface area contributed by atoms with Crippen LogP contribution in [0.2, 0.25) is 0 Å². The van der Waals surface area contributed by atoms with Crippen molar-refractivity contribution in [3.8, 4) is 5.75 Å². The molecule has 6 rings (SSSR count). The molecule has 0 bridgehead atoms. The number of hydrazine groups is 1. The molecule has 0 aliphatic carbocycles. The van der Waals surface area contributed by atoms with Crippen LogP contribution in [0.25, 0.3) is 5.78 Å². The molecule has 40 heavy (non-hydrogen) atoms. The van der Waals surface area contributed by atoms with E-state index < -0.39 is 0 Å². The van der Waals surface area contributed by atoms with Crippen LogP contribution in [0.15, 0.2) is 56.9 Å². The highest BCUT2D eigenvalue weighted by Crippen LogP contribution is 2.27. The molecule has 0 atom stereocenters. The van der Waals surface area contributed by atoms with Gasteiger partial charge in [0, 0.05) is 60.0 Å². The van der Waals surface area contributed by atoms with Crippen molar-refractivity contribution in [1.82, 2.24) is 28.5 Å². The third kappa shape index (κ3) is 5.04. The lowest BCUT2D eigenvalue weighted by atomic mass is 10.2. The molecule has 0 saturated carbocycles. The van der Waals surface area contributed by atoms with Crippen molar-refractivity contribution in [2.24, 2.45) is 17.9 Å². The van der Waals surface area contributed by atoms with Crippen molar-refractivity contribution in [1.29, 1.82) is 0 Å². The van der Waals surface area contributed by atoms with E-state index in [0.29, 0.717) is 48.5 Å². The van der Waals surface area contributed by atoms with Gasteiger partial charge in [0.15, 0.2) is 11.6 Å². The van der Waals surface area contributed by atoms with Gasteiger partial charge >= 0.3 is 5.69 Å². The topological polar surface area (TPSA) is 124 Å². The summed E-state index contributed by atoms with van der Waals surface area (Å²) in [5, 5.41) is 1.49. The van der Waals surface area contributed by atoms with Gasteiger partial charge in [0.2, 0.25) is 5.78 Å². The Balaban J connectivity index is 1.09. The molecule has 3 aromatic heterocycles. The number of benzene rings is 1. The molecule has 4 aromatic rings. The molecule has 0 amide bonds. The highest BCUT2D eigenvalue weighted by atomic mass is 16.5. The van der Waals surface area contributed by atoms with Crippen molar-refractivity contribution in [2.75, 3.05) is 64.7 Å². The van der Waals surface area contributed by atoms with Gasteiger partial charge in [-0.2, -0.15) is 4.98 Å². The first-order valence-electron chi connectivity index (χ1n) is 13.5. The largest absolute Gasteiger partial charge is 0.491 e. The number of ether oxygens (including phenoxy) is 2. The van der Waals surface area contributed by atoms with Gasteiger partial charge in [0.25, 0.3) is 0 Å². The molecular weight excluding hydrogens is 514 g/mol. The Labute approximate surface area is 231 Å². The molecule has 5 heterocycles. The number of piperazine rings is 1. The predicted molar refractivity (Wildman–Crippen MR) is 150 cm³/mol. The molecule has 1 aromatic carbocycles. The Hall–Kier alpha value is -3.91. The predicted octanol–water partition coefficient (Wildman–Crippen LogP) is 0.759. The molecule has 0 radical (unpaired) electrons. The number of aliphatic imine (C=N–C) groups is 1. The van der Waals surface area contributed by atoms with Crippen LogP contribution in [0.5, 0.6) is 5.75 Å². The number of aromatic nitrogens is 4. The summed E-state index contributed by atoms with van der Waals surface area (Å²) in [5.41, 5.74) is 2.42. The van der Waals surface area contributed by atoms with Gasteiger partial charge in [-0.3, -0.25) is 24.4 Å². The van der Waals surface area contributed by atoms with Gasteiger partial charge in [-0.15, -0.1) is 0 Å². The summed E-state index contributed by atoms with van der Waals surface area (Å²) in [4.78, 5) is 27.5. The molecular formula is C27H35N9O4. The van der Waals surface area contributed by atoms with Crippen LogP contribution in [-0.4, -0.2) is 94.0 Å². The Bertz CT molecular complexity index is 1530. The van der Waals surface area contributed by atoms with E-state index in [4.69, 9.17) is 24.7 Å². The summed E-state index contributed by atoms with van der Waals surface area (Å²) in [7, 11) is 3.40. The molecule has 13 nitrogen and oxygen atoms in total. The van der Waals surface area contributed by atoms with Gasteiger partial charge in [-0.05, 0) is 29.8 Å². The molecule has 0 unspecified atom stereocenters. The van der Waals surface area contributed by atoms with Crippen LogP contribution < -0.4 is 21.3 Å². The maximum Gasteiger partial charge on any atom is 0.345 e. The maximum atomic E-state index is 13.3. The number of anilines is 1. The van der Waals surface area contributed by atoms with Gasteiger partial charge in [-0.1, -0.05) is 12.1 Å². The second-order valence-corrected chi connectivity index (χ2v) is 10.1. The SMILES string of the molecule is COCCOc1ccc(CN2CCN(CCn3c(=O)n(C)n4c5c(nc34)N(N)CN=C5c3ccco3)CC2)cc1. The summed E-state index contributed by atoms with van der Waals surface area (Å²) in [5.74, 6) is 8.80. The Kier molecular flexibility index (Phi) is 7.43. The number of hydrogen-bond acceptors (Lipinski definition) is 10. The van der Waals surface area contributed by atoms with Crippen molar-refractivity contribution in [3.05, 3.63) is 70.2 Å². The number of nitrogens with two attached hydrogens (primary N) is 1. The number of fused-ring (bicyclic) bond motifs is 3. The monoisotopic (exact) mass is 549 g/mol. The number of aryl methyl sites for hydroxylation is 1. The first-order valence-corrected chi connectivity index (χ1v) is 13.5. The van der Waals surface area contributed by atoms with Crippen LogP contribution in [0.3, 0.4) is 0 Å². The zero-order chi connectivity index (χ0) is 27.6. The number of methoxy groups -OCH3 is 1. The average Bonchev–Trinajstić information content (AvgIpc) is 3.69. The molecule has 1 saturated heterocycles. The minimum atomic E-state index is -0.133. The number of imidazole rings is 1. The summed E-state index contributed by atoms with van der Waals surface area (Å²) < 4.78 is 21.4. The van der Waals surface area contributed by atoms with Crippen LogP contribution in [-0.2, 0) is 24.9 Å². The summed E-state index contributed by atoms with van der Waals surface area (Å²) in [6.45, 7) is 7.38. The fraction of sp³-hybridized carbons (Fsp3) is 0.444. The highest BCUT2D eigenvalue weighted by Gasteiger charge is 2.31. The van der Waals surface area contributed by atoms with Crippen LogP contribution >= 0.6 is 0 Å². The summed E-state index contributed by atoms with van der Waals surface area (Å²) in [6.07, 6.45) is 1.60. The van der Waals surface area contributed by atoms with Crippen LogP contribution in [0.4, 0.5) is 5.82 Å². The van der Waals surface area contributed by atoms with E-state index in [2.05, 4.69) is 26.9 Å². The van der Waals surface area contributed by atoms with Crippen LogP contribution in [0.1, 0.15) is 17.0 Å². The van der Waals surface area contributed by atoms with E-state index in [1.807, 2.05) is 24.3 Å². The molecule has 0 spiro atoms. The zero-order valence-electron chi connectivity index (χ0n) is 22.9. The summed E-state index contributed by atoms with van der Waals surface area (Å²) in [6, 6.07) is 11.9. The second kappa shape index (κ2) is 11.3. The van der Waals surface area contributed by atoms with Crippen LogP contribution in [0, 0.1) is 0 Å². The molecule has 212 valence electrons. The lowest BCUT2D eigenvalue weighted by Gasteiger charge is -2.34. The average molecular weight is 550 g/mol. The number of rotatable bonds is 10. The van der Waals surface area contributed by atoms with E-state index in [0.717, 1.165) is 45.0 Å². The first-order chi connectivity index (χ1) is 19.5. The Morgan fingerprint density at radius 3 is 2.52 bits per heavy atom. The van der Waals surface area contributed by atoms with E-state index in [-0.39, 0.29) is 12.4 Å². The zero-order valence-corrected chi connectivity index (χ0v) is 22.9. The van der Waals surface area contributed by atoms with Gasteiger partial charge in [0.1, 0.15) is 30.4 Å². The number of nitrogens with zero attached hydrogens (tertiary/aromatic N) is 8. The number of hydrogen-bond donors (Lipinski definition) is 1. The quantitative estimate of drug-likeness (QED) is 0.226. The Morgan fingerprint density at radius 1 is 1.02 bits per heavy atom. The van der Waals surface area contributed by atoms with Gasteiger partial charge in [-0.25, -0.2) is 19.8 Å². The van der Waals surface area contributed by atoms with E-state index in [9.17, 15) is 4.79 Å². The number of furan rings is 1. The van der Waals surface area contributed by atoms with Crippen molar-refractivity contribution in [3.63, 3.8) is 0 Å². The van der Waals surface area contributed by atoms with E-state index >= 15 is 0 Å². The smallest absolute Gasteiger partial charge is 0.345 e. The summed E-state index contributed by atoms with van der Waals surface area (Å²) >= 11 is 0. The lowest BCUT2D eigenvalue weighted by Crippen LogP contribution is -2.47. The second-order valence-electron chi connectivity index (χ2n) is 10.1. The third-order valence-corrected chi connectivity index (χ3v) is 7.49. The normalized spacial score (nSPS) is 16.5. The standard InChI is InChI=1S/C27H35N9O4/c1-31-27(37)34(26-30-25-24(36(26)31)23(29-19-35(25)28)22-4-3-15-40-22)14-13-32-9-11-33(12-10-32)18-20-5-7-21(8-6-20)39-17-16-38-2/h3-8,15H,9-14,16-19,28H2,1-2H3. The fourth-order valence-electron chi connectivity index (χ4n) is 5.30. The van der Waals surface area contributed by atoms with Crippen molar-refractivity contribution in [2.45, 2.75) is 13.1 Å². The van der Waals surface area contributed by atoms with Crippen molar-refractivity contribution >= 4 is 17.3 Å². The maximum absolute atomic E-state index is 13.3. The third-order valence-electron chi connectivity index (χ3n) is 7.49. The van der Waals surface area contributed by atoms with E-state index in [1.54, 1.807) is 34.2 Å².